The first kappa shape index (κ1) is 17.2. The molecule has 0 aromatic rings. The molecule has 0 saturated carbocycles. The normalized spacial score (nSPS) is 7.73. The number of rotatable bonds is 5. The van der Waals surface area contributed by atoms with E-state index in [0.717, 1.165) is 19.3 Å². The van der Waals surface area contributed by atoms with Gasteiger partial charge in [-0.3, -0.25) is 4.79 Å². The van der Waals surface area contributed by atoms with Gasteiger partial charge in [0, 0.05) is 6.42 Å². The van der Waals surface area contributed by atoms with Crippen molar-refractivity contribution < 1.29 is 28.8 Å². The van der Waals surface area contributed by atoms with Crippen molar-refractivity contribution in [3.05, 3.63) is 7.43 Å². The molecule has 0 unspecified atom stereocenters. The van der Waals surface area contributed by atoms with Gasteiger partial charge in [-0.1, -0.05) is 26.2 Å². The summed E-state index contributed by atoms with van der Waals surface area (Å²) in [6.07, 6.45) is 4.55. The van der Waals surface area contributed by atoms with E-state index in [1.807, 2.05) is 0 Å². The summed E-state index contributed by atoms with van der Waals surface area (Å²) in [5.41, 5.74) is 0. The number of hydrogen-bond acceptors (Lipinski definition) is 1. The topological polar surface area (TPSA) is 37.3 Å². The van der Waals surface area contributed by atoms with Crippen LogP contribution < -0.4 is 18.9 Å². The van der Waals surface area contributed by atoms with Gasteiger partial charge in [-0.25, -0.2) is 0 Å². The van der Waals surface area contributed by atoms with Crippen molar-refractivity contribution >= 4 is 5.97 Å². The quantitative estimate of drug-likeness (QED) is 0.327. The molecule has 11 heavy (non-hydrogen) atoms. The molecular weight excluding hydrogens is 135 g/mol. The molecule has 0 aromatic heterocycles. The molecule has 0 fully saturated rings. The Labute approximate surface area is 81.6 Å². The van der Waals surface area contributed by atoms with Crippen LogP contribution >= 0.6 is 0 Å². The zero-order chi connectivity index (χ0) is 7.11. The Morgan fingerprint density at radius 3 is 2.18 bits per heavy atom. The standard InChI is InChI=1S/C7H14O2.CH3.Li/c1-2-3-4-5-6-7(8)9;;/h2-6H2,1H3,(H,8,9);1H3;/q;-1;+1. The Kier molecular flexibility index (Phi) is 19.9. The second-order valence-electron chi connectivity index (χ2n) is 2.20. The van der Waals surface area contributed by atoms with E-state index in [0.29, 0.717) is 6.42 Å². The molecule has 0 aliphatic rings. The van der Waals surface area contributed by atoms with E-state index >= 15 is 0 Å². The minimum absolute atomic E-state index is 0. The number of carboxylic acids is 1. The van der Waals surface area contributed by atoms with Crippen molar-refractivity contribution in [1.82, 2.24) is 0 Å². The van der Waals surface area contributed by atoms with E-state index in [1.165, 1.54) is 6.42 Å². The Morgan fingerprint density at radius 1 is 1.27 bits per heavy atom. The summed E-state index contributed by atoms with van der Waals surface area (Å²) in [7, 11) is 0. The first-order valence-electron chi connectivity index (χ1n) is 3.49. The molecule has 0 saturated heterocycles. The molecule has 0 radical (unpaired) electrons. The zero-order valence-corrected chi connectivity index (χ0v) is 7.89. The van der Waals surface area contributed by atoms with Crippen LogP contribution in [0, 0.1) is 7.43 Å². The van der Waals surface area contributed by atoms with Gasteiger partial charge < -0.3 is 12.5 Å². The third kappa shape index (κ3) is 17.8. The van der Waals surface area contributed by atoms with Crippen LogP contribution in [-0.4, -0.2) is 11.1 Å². The molecule has 1 N–H and O–H groups in total. The maximum Gasteiger partial charge on any atom is 1.00 e. The van der Waals surface area contributed by atoms with Gasteiger partial charge >= 0.3 is 24.8 Å². The Balaban J connectivity index is -0.000000320. The average Bonchev–Trinajstić information content (AvgIpc) is 1.80. The summed E-state index contributed by atoms with van der Waals surface area (Å²) in [4.78, 5) is 9.96. The Morgan fingerprint density at radius 2 is 1.82 bits per heavy atom. The first-order valence-corrected chi connectivity index (χ1v) is 3.49. The van der Waals surface area contributed by atoms with Crippen LogP contribution in [0.5, 0.6) is 0 Å². The fourth-order valence-corrected chi connectivity index (χ4v) is 0.703. The van der Waals surface area contributed by atoms with Gasteiger partial charge in [-0.05, 0) is 6.42 Å². The fourth-order valence-electron chi connectivity index (χ4n) is 0.703. The molecular formula is C8H17LiO2. The van der Waals surface area contributed by atoms with E-state index in [9.17, 15) is 4.79 Å². The van der Waals surface area contributed by atoms with Crippen molar-refractivity contribution in [3.63, 3.8) is 0 Å². The smallest absolute Gasteiger partial charge is 0.481 e. The minimum Gasteiger partial charge on any atom is -0.481 e. The van der Waals surface area contributed by atoms with Crippen molar-refractivity contribution in [2.24, 2.45) is 0 Å². The number of aliphatic carboxylic acids is 1. The summed E-state index contributed by atoms with van der Waals surface area (Å²) >= 11 is 0. The second-order valence-corrected chi connectivity index (χ2v) is 2.20. The van der Waals surface area contributed by atoms with Gasteiger partial charge in [0.1, 0.15) is 0 Å². The van der Waals surface area contributed by atoms with Crippen molar-refractivity contribution in [2.45, 2.75) is 39.0 Å². The van der Waals surface area contributed by atoms with Gasteiger partial charge in [0.15, 0.2) is 0 Å². The van der Waals surface area contributed by atoms with Crippen molar-refractivity contribution in [2.75, 3.05) is 0 Å². The minimum atomic E-state index is -0.675. The summed E-state index contributed by atoms with van der Waals surface area (Å²) in [6, 6.07) is 0. The van der Waals surface area contributed by atoms with E-state index in [1.54, 1.807) is 0 Å². The van der Waals surface area contributed by atoms with Crippen LogP contribution in [0.4, 0.5) is 0 Å². The van der Waals surface area contributed by atoms with Crippen molar-refractivity contribution in [3.8, 4) is 0 Å². The molecule has 0 amide bonds. The molecule has 3 heteroatoms. The number of hydrogen-bond donors (Lipinski definition) is 1. The van der Waals surface area contributed by atoms with Crippen LogP contribution in [0.1, 0.15) is 39.0 Å². The number of unbranched alkanes of at least 4 members (excludes halogenated alkanes) is 3. The molecule has 0 bridgehead atoms. The third-order valence-corrected chi connectivity index (χ3v) is 1.24. The first-order chi connectivity index (χ1) is 4.27. The van der Waals surface area contributed by atoms with Crippen molar-refractivity contribution in [1.29, 1.82) is 0 Å². The summed E-state index contributed by atoms with van der Waals surface area (Å²) in [5.74, 6) is -0.675. The molecule has 0 aliphatic heterocycles. The Bertz CT molecular complexity index is 84.2. The van der Waals surface area contributed by atoms with Gasteiger partial charge in [-0.15, -0.1) is 0 Å². The second kappa shape index (κ2) is 12.7. The summed E-state index contributed by atoms with van der Waals surface area (Å²) in [5, 5.41) is 8.21. The van der Waals surface area contributed by atoms with Crippen LogP contribution in [0.3, 0.4) is 0 Å². The van der Waals surface area contributed by atoms with E-state index in [4.69, 9.17) is 5.11 Å². The molecule has 0 atom stereocenters. The largest absolute Gasteiger partial charge is 1.00 e. The predicted molar refractivity (Wildman–Crippen MR) is 42.8 cm³/mol. The molecule has 0 aromatic carbocycles. The zero-order valence-electron chi connectivity index (χ0n) is 7.89. The molecule has 0 spiro atoms. The van der Waals surface area contributed by atoms with Gasteiger partial charge in [0.25, 0.3) is 0 Å². The maximum absolute atomic E-state index is 9.96. The number of carbonyl (C=O) groups is 1. The fraction of sp³-hybridized carbons (Fsp3) is 0.750. The van der Waals surface area contributed by atoms with E-state index in [2.05, 4.69) is 6.92 Å². The molecule has 0 aliphatic carbocycles. The van der Waals surface area contributed by atoms with Crippen LogP contribution in [0.15, 0.2) is 0 Å². The van der Waals surface area contributed by atoms with Crippen LogP contribution in [0.25, 0.3) is 0 Å². The van der Waals surface area contributed by atoms with E-state index in [-0.39, 0.29) is 26.3 Å². The maximum atomic E-state index is 9.96. The van der Waals surface area contributed by atoms with Gasteiger partial charge in [0.2, 0.25) is 0 Å². The summed E-state index contributed by atoms with van der Waals surface area (Å²) < 4.78 is 0. The predicted octanol–water partition coefficient (Wildman–Crippen LogP) is -0.504. The molecule has 62 valence electrons. The molecule has 0 rings (SSSR count). The van der Waals surface area contributed by atoms with Gasteiger partial charge in [0.05, 0.1) is 0 Å². The number of carboxylic acid groups (broad SMARTS) is 1. The monoisotopic (exact) mass is 152 g/mol. The van der Waals surface area contributed by atoms with Crippen LogP contribution in [-0.2, 0) is 4.79 Å². The van der Waals surface area contributed by atoms with E-state index < -0.39 is 5.97 Å². The summed E-state index contributed by atoms with van der Waals surface area (Å²) in [6.45, 7) is 2.11. The Hall–Kier alpha value is 0.0674. The SMILES string of the molecule is CCCCCCC(=O)O.[CH3-].[Li+]. The third-order valence-electron chi connectivity index (χ3n) is 1.24. The molecule has 0 heterocycles. The average molecular weight is 152 g/mol. The van der Waals surface area contributed by atoms with Crippen LogP contribution in [0.2, 0.25) is 0 Å². The molecule has 2 nitrogen and oxygen atoms in total. The van der Waals surface area contributed by atoms with Gasteiger partial charge in [-0.2, -0.15) is 0 Å².